The maximum absolute atomic E-state index is 12.8. The highest BCUT2D eigenvalue weighted by Gasteiger charge is 2.31. The summed E-state index contributed by atoms with van der Waals surface area (Å²) < 4.78 is 49.0. The summed E-state index contributed by atoms with van der Waals surface area (Å²) in [6, 6.07) is 2.87. The first-order valence-electron chi connectivity index (χ1n) is 7.35. The second-order valence-electron chi connectivity index (χ2n) is 5.12. The number of ether oxygens (including phenoxy) is 2. The number of alkyl halides is 3. The standard InChI is InChI=1S/C15H19F3N2O3.ClH/c1-2-23-13-4-3-10(15(16,17)18)7-12(13)20-14(21)8-11-9-22-6-5-19-11;/h3-4,7,11,19H,2,5-6,8-9H2,1H3,(H,20,21);1H. The van der Waals surface area contributed by atoms with Crippen molar-refractivity contribution < 1.29 is 27.4 Å². The molecule has 2 N–H and O–H groups in total. The molecule has 1 fully saturated rings. The Kier molecular flexibility index (Phi) is 7.78. The summed E-state index contributed by atoms with van der Waals surface area (Å²) in [6.07, 6.45) is -4.37. The lowest BCUT2D eigenvalue weighted by Gasteiger charge is -2.23. The Labute approximate surface area is 144 Å². The molecule has 0 saturated carbocycles. The number of benzene rings is 1. The van der Waals surface area contributed by atoms with E-state index in [0.717, 1.165) is 12.1 Å². The van der Waals surface area contributed by atoms with Crippen LogP contribution in [-0.2, 0) is 15.7 Å². The molecule has 0 spiro atoms. The summed E-state index contributed by atoms with van der Waals surface area (Å²) in [6.45, 7) is 3.62. The van der Waals surface area contributed by atoms with E-state index in [-0.39, 0.29) is 42.9 Å². The predicted octanol–water partition coefficient (Wildman–Crippen LogP) is 2.84. The largest absolute Gasteiger partial charge is 0.492 e. The minimum Gasteiger partial charge on any atom is -0.492 e. The highest BCUT2D eigenvalue weighted by Crippen LogP contribution is 2.35. The van der Waals surface area contributed by atoms with Gasteiger partial charge in [-0.15, -0.1) is 12.4 Å². The first-order chi connectivity index (χ1) is 10.9. The zero-order chi connectivity index (χ0) is 16.9. The van der Waals surface area contributed by atoms with E-state index in [1.165, 1.54) is 6.07 Å². The molecular formula is C15H20ClF3N2O3. The summed E-state index contributed by atoms with van der Waals surface area (Å²) in [7, 11) is 0. The van der Waals surface area contributed by atoms with Crippen LogP contribution in [-0.4, -0.2) is 38.3 Å². The van der Waals surface area contributed by atoms with Crippen molar-refractivity contribution in [2.75, 3.05) is 31.7 Å². The average Bonchev–Trinajstić information content (AvgIpc) is 2.49. The van der Waals surface area contributed by atoms with E-state index in [1.54, 1.807) is 6.92 Å². The summed E-state index contributed by atoms with van der Waals surface area (Å²) in [4.78, 5) is 12.1. The topological polar surface area (TPSA) is 59.6 Å². The van der Waals surface area contributed by atoms with E-state index in [1.807, 2.05) is 0 Å². The lowest BCUT2D eigenvalue weighted by molar-refractivity contribution is -0.137. The molecule has 0 aliphatic carbocycles. The number of rotatable bonds is 5. The van der Waals surface area contributed by atoms with Gasteiger partial charge in [-0.05, 0) is 25.1 Å². The Hall–Kier alpha value is -1.51. The first-order valence-corrected chi connectivity index (χ1v) is 7.35. The van der Waals surface area contributed by atoms with Gasteiger partial charge < -0.3 is 20.1 Å². The van der Waals surface area contributed by atoms with Crippen LogP contribution in [0.1, 0.15) is 18.9 Å². The SMILES string of the molecule is CCOc1ccc(C(F)(F)F)cc1NC(=O)CC1COCCN1.Cl. The van der Waals surface area contributed by atoms with E-state index in [2.05, 4.69) is 10.6 Å². The number of amides is 1. The van der Waals surface area contributed by atoms with Gasteiger partial charge in [0, 0.05) is 19.0 Å². The predicted molar refractivity (Wildman–Crippen MR) is 85.7 cm³/mol. The van der Waals surface area contributed by atoms with Gasteiger partial charge in [-0.1, -0.05) is 0 Å². The van der Waals surface area contributed by atoms with Crippen molar-refractivity contribution >= 4 is 24.0 Å². The van der Waals surface area contributed by atoms with Crippen LogP contribution in [0.3, 0.4) is 0 Å². The zero-order valence-corrected chi connectivity index (χ0v) is 13.9. The van der Waals surface area contributed by atoms with Crippen LogP contribution in [0, 0.1) is 0 Å². The summed E-state index contributed by atoms with van der Waals surface area (Å²) in [5.41, 5.74) is -0.821. The van der Waals surface area contributed by atoms with E-state index in [0.29, 0.717) is 19.8 Å². The molecule has 1 atom stereocenters. The van der Waals surface area contributed by atoms with Gasteiger partial charge in [0.05, 0.1) is 31.1 Å². The molecule has 1 aromatic carbocycles. The second kappa shape index (κ2) is 9.10. The van der Waals surface area contributed by atoms with Gasteiger partial charge in [0.25, 0.3) is 0 Å². The van der Waals surface area contributed by atoms with Crippen molar-refractivity contribution in [3.63, 3.8) is 0 Å². The molecule has 1 aromatic rings. The molecule has 1 amide bonds. The third-order valence-electron chi connectivity index (χ3n) is 3.31. The Morgan fingerprint density at radius 2 is 2.21 bits per heavy atom. The minimum atomic E-state index is -4.48. The van der Waals surface area contributed by atoms with Gasteiger partial charge in [-0.3, -0.25) is 4.79 Å². The lowest BCUT2D eigenvalue weighted by Crippen LogP contribution is -2.43. The van der Waals surface area contributed by atoms with Crippen LogP contribution in [0.15, 0.2) is 18.2 Å². The van der Waals surface area contributed by atoms with E-state index >= 15 is 0 Å². The summed E-state index contributed by atoms with van der Waals surface area (Å²) in [5, 5.41) is 5.61. The summed E-state index contributed by atoms with van der Waals surface area (Å²) >= 11 is 0. The van der Waals surface area contributed by atoms with Crippen LogP contribution in [0.5, 0.6) is 5.75 Å². The molecule has 0 radical (unpaired) electrons. The Morgan fingerprint density at radius 3 is 2.79 bits per heavy atom. The number of carbonyl (C=O) groups excluding carboxylic acids is 1. The lowest BCUT2D eigenvalue weighted by atomic mass is 10.1. The molecule has 1 unspecified atom stereocenters. The van der Waals surface area contributed by atoms with Crippen molar-refractivity contribution in [3.05, 3.63) is 23.8 Å². The number of hydrogen-bond donors (Lipinski definition) is 2. The van der Waals surface area contributed by atoms with Crippen molar-refractivity contribution in [1.82, 2.24) is 5.32 Å². The average molecular weight is 369 g/mol. The zero-order valence-electron chi connectivity index (χ0n) is 13.1. The third-order valence-corrected chi connectivity index (χ3v) is 3.31. The van der Waals surface area contributed by atoms with E-state index < -0.39 is 17.6 Å². The van der Waals surface area contributed by atoms with Crippen molar-refractivity contribution in [1.29, 1.82) is 0 Å². The van der Waals surface area contributed by atoms with Crippen LogP contribution in [0.25, 0.3) is 0 Å². The third kappa shape index (κ3) is 5.85. The molecule has 136 valence electrons. The summed E-state index contributed by atoms with van der Waals surface area (Å²) in [5.74, 6) is -0.185. The fourth-order valence-electron chi connectivity index (χ4n) is 2.26. The molecule has 0 aromatic heterocycles. The number of halogens is 4. The van der Waals surface area contributed by atoms with Crippen molar-refractivity contribution in [2.45, 2.75) is 25.6 Å². The molecule has 0 bridgehead atoms. The molecule has 1 heterocycles. The van der Waals surface area contributed by atoms with Crippen LogP contribution in [0.4, 0.5) is 18.9 Å². The molecule has 5 nitrogen and oxygen atoms in total. The Bertz CT molecular complexity index is 549. The second-order valence-corrected chi connectivity index (χ2v) is 5.12. The quantitative estimate of drug-likeness (QED) is 0.839. The molecule has 1 aliphatic heterocycles. The van der Waals surface area contributed by atoms with Gasteiger partial charge in [-0.25, -0.2) is 0 Å². The van der Waals surface area contributed by atoms with Crippen LogP contribution >= 0.6 is 12.4 Å². The Morgan fingerprint density at radius 1 is 1.46 bits per heavy atom. The normalized spacial score (nSPS) is 17.8. The van der Waals surface area contributed by atoms with Gasteiger partial charge >= 0.3 is 6.18 Å². The van der Waals surface area contributed by atoms with Crippen LogP contribution < -0.4 is 15.4 Å². The highest BCUT2D eigenvalue weighted by molar-refractivity contribution is 5.92. The first kappa shape index (κ1) is 20.5. The fraction of sp³-hybridized carbons (Fsp3) is 0.533. The van der Waals surface area contributed by atoms with Gasteiger partial charge in [-0.2, -0.15) is 13.2 Å². The number of hydrogen-bond acceptors (Lipinski definition) is 4. The molecule has 1 saturated heterocycles. The van der Waals surface area contributed by atoms with Gasteiger partial charge in [0.2, 0.25) is 5.91 Å². The number of nitrogens with one attached hydrogen (secondary N) is 2. The monoisotopic (exact) mass is 368 g/mol. The van der Waals surface area contributed by atoms with Crippen molar-refractivity contribution in [2.24, 2.45) is 0 Å². The van der Waals surface area contributed by atoms with E-state index in [4.69, 9.17) is 9.47 Å². The number of carbonyl (C=O) groups is 1. The maximum atomic E-state index is 12.8. The van der Waals surface area contributed by atoms with Crippen LogP contribution in [0.2, 0.25) is 0 Å². The van der Waals surface area contributed by atoms with Gasteiger partial charge in [0.15, 0.2) is 0 Å². The smallest absolute Gasteiger partial charge is 0.416 e. The molecular weight excluding hydrogens is 349 g/mol. The number of morpholine rings is 1. The van der Waals surface area contributed by atoms with E-state index in [9.17, 15) is 18.0 Å². The minimum absolute atomic E-state index is 0. The number of anilines is 1. The highest BCUT2D eigenvalue weighted by atomic mass is 35.5. The molecule has 24 heavy (non-hydrogen) atoms. The molecule has 2 rings (SSSR count). The maximum Gasteiger partial charge on any atom is 0.416 e. The van der Waals surface area contributed by atoms with Gasteiger partial charge in [0.1, 0.15) is 5.75 Å². The van der Waals surface area contributed by atoms with Crippen molar-refractivity contribution in [3.8, 4) is 5.75 Å². The molecule has 1 aliphatic rings. The molecule has 9 heteroatoms. The fourth-order valence-corrected chi connectivity index (χ4v) is 2.26. The Balaban J connectivity index is 0.00000288.